The average Bonchev–Trinajstić information content (AvgIpc) is 2.53. The number of carbonyl (C=O) groups excluding carboxylic acids is 2. The molecule has 0 aliphatic heterocycles. The Morgan fingerprint density at radius 2 is 1.83 bits per heavy atom. The second-order valence-electron chi connectivity index (χ2n) is 4.93. The Hall–Kier alpha value is -2.63. The third kappa shape index (κ3) is 5.25. The van der Waals surface area contributed by atoms with E-state index in [2.05, 4.69) is 6.58 Å². The fraction of sp³-hybridized carbons (Fsp3) is 0.353. The van der Waals surface area contributed by atoms with E-state index < -0.39 is 30.1 Å². The van der Waals surface area contributed by atoms with Gasteiger partial charge in [0.25, 0.3) is 0 Å². The molecule has 1 aromatic rings. The lowest BCUT2D eigenvalue weighted by Crippen LogP contribution is -2.33. The highest BCUT2D eigenvalue weighted by molar-refractivity contribution is 6.02. The van der Waals surface area contributed by atoms with E-state index >= 15 is 0 Å². The molecule has 0 aromatic heterocycles. The molecule has 1 N–H and O–H groups in total. The number of carboxylic acids is 1. The topological polar surface area (TPSA) is 89.9 Å². The second kappa shape index (κ2) is 8.73. The van der Waals surface area contributed by atoms with Gasteiger partial charge in [-0.05, 0) is 25.5 Å². The smallest absolute Gasteiger partial charge is 0.339 e. The van der Waals surface area contributed by atoms with E-state index in [4.69, 9.17) is 14.6 Å². The van der Waals surface area contributed by atoms with Crippen molar-refractivity contribution in [2.45, 2.75) is 38.9 Å². The summed E-state index contributed by atoms with van der Waals surface area (Å²) in [5, 5.41) is 9.12. The standard InChI is InChI=1S/C17H20O6/c1-4-8-14(11(3)22-15(18)5-2)23-17(21)13-10-7-6-9-12(13)16(19)20/h5-7,9-11,14H,2,4,8H2,1,3H3,(H,19,20). The second-order valence-corrected chi connectivity index (χ2v) is 4.93. The fourth-order valence-corrected chi connectivity index (χ4v) is 2.03. The minimum absolute atomic E-state index is 0.0386. The van der Waals surface area contributed by atoms with Crippen LogP contribution in [0.5, 0.6) is 0 Å². The predicted molar refractivity (Wildman–Crippen MR) is 83.3 cm³/mol. The third-order valence-corrected chi connectivity index (χ3v) is 3.20. The number of hydrogen-bond donors (Lipinski definition) is 1. The summed E-state index contributed by atoms with van der Waals surface area (Å²) in [6.07, 6.45) is 0.877. The number of esters is 2. The first kappa shape index (κ1) is 18.4. The van der Waals surface area contributed by atoms with E-state index in [1.54, 1.807) is 13.0 Å². The number of carboxylic acid groups (broad SMARTS) is 1. The number of hydrogen-bond acceptors (Lipinski definition) is 5. The van der Waals surface area contributed by atoms with Gasteiger partial charge in [0.15, 0.2) is 0 Å². The Balaban J connectivity index is 2.92. The summed E-state index contributed by atoms with van der Waals surface area (Å²) in [6.45, 7) is 6.82. The van der Waals surface area contributed by atoms with Crippen molar-refractivity contribution in [1.29, 1.82) is 0 Å². The van der Waals surface area contributed by atoms with Crippen molar-refractivity contribution in [3.63, 3.8) is 0 Å². The zero-order valence-electron chi connectivity index (χ0n) is 13.2. The van der Waals surface area contributed by atoms with E-state index in [0.717, 1.165) is 6.08 Å². The Morgan fingerprint density at radius 3 is 2.35 bits per heavy atom. The van der Waals surface area contributed by atoms with Gasteiger partial charge in [-0.15, -0.1) is 0 Å². The van der Waals surface area contributed by atoms with Gasteiger partial charge in [-0.2, -0.15) is 0 Å². The van der Waals surface area contributed by atoms with Crippen molar-refractivity contribution >= 4 is 17.9 Å². The van der Waals surface area contributed by atoms with Crippen LogP contribution in [0.4, 0.5) is 0 Å². The van der Waals surface area contributed by atoms with E-state index in [0.29, 0.717) is 12.8 Å². The summed E-state index contributed by atoms with van der Waals surface area (Å²) in [6, 6.07) is 5.79. The molecule has 0 saturated carbocycles. The molecule has 0 bridgehead atoms. The number of aromatic carboxylic acids is 1. The minimum atomic E-state index is -1.21. The lowest BCUT2D eigenvalue weighted by atomic mass is 10.1. The molecular weight excluding hydrogens is 300 g/mol. The lowest BCUT2D eigenvalue weighted by molar-refractivity contribution is -0.148. The van der Waals surface area contributed by atoms with Gasteiger partial charge in [0.05, 0.1) is 11.1 Å². The predicted octanol–water partition coefficient (Wildman–Crippen LogP) is 2.83. The van der Waals surface area contributed by atoms with Crippen LogP contribution in [0.3, 0.4) is 0 Å². The summed E-state index contributed by atoms with van der Waals surface area (Å²) in [5.74, 6) is -2.58. The van der Waals surface area contributed by atoms with Gasteiger partial charge in [0.2, 0.25) is 0 Å². The molecule has 1 aromatic carbocycles. The molecule has 0 saturated heterocycles. The van der Waals surface area contributed by atoms with Crippen LogP contribution in [0.25, 0.3) is 0 Å². The first-order valence-corrected chi connectivity index (χ1v) is 7.27. The van der Waals surface area contributed by atoms with Gasteiger partial charge in [-0.1, -0.05) is 32.1 Å². The average molecular weight is 320 g/mol. The van der Waals surface area contributed by atoms with Crippen LogP contribution in [-0.4, -0.2) is 35.2 Å². The number of rotatable bonds is 8. The summed E-state index contributed by atoms with van der Waals surface area (Å²) in [4.78, 5) is 34.7. The summed E-state index contributed by atoms with van der Waals surface area (Å²) in [5.41, 5.74) is -0.174. The molecule has 0 heterocycles. The lowest BCUT2D eigenvalue weighted by Gasteiger charge is -2.23. The third-order valence-electron chi connectivity index (χ3n) is 3.20. The molecule has 6 nitrogen and oxygen atoms in total. The minimum Gasteiger partial charge on any atom is -0.478 e. The zero-order valence-corrected chi connectivity index (χ0v) is 13.2. The van der Waals surface area contributed by atoms with Gasteiger partial charge in [-0.25, -0.2) is 14.4 Å². The van der Waals surface area contributed by atoms with Crippen LogP contribution in [0.15, 0.2) is 36.9 Å². The highest BCUT2D eigenvalue weighted by Gasteiger charge is 2.26. The molecule has 0 spiro atoms. The van der Waals surface area contributed by atoms with E-state index in [1.165, 1.54) is 18.2 Å². The first-order valence-electron chi connectivity index (χ1n) is 7.27. The van der Waals surface area contributed by atoms with Crippen LogP contribution in [-0.2, 0) is 14.3 Å². The van der Waals surface area contributed by atoms with E-state index in [1.807, 2.05) is 6.92 Å². The zero-order chi connectivity index (χ0) is 17.4. The maximum Gasteiger partial charge on any atom is 0.339 e. The van der Waals surface area contributed by atoms with Gasteiger partial charge in [0, 0.05) is 6.08 Å². The normalized spacial score (nSPS) is 12.8. The first-order chi connectivity index (χ1) is 10.9. The highest BCUT2D eigenvalue weighted by atomic mass is 16.6. The fourth-order valence-electron chi connectivity index (χ4n) is 2.03. The molecule has 0 aliphatic carbocycles. The largest absolute Gasteiger partial charge is 0.478 e. The van der Waals surface area contributed by atoms with Gasteiger partial charge >= 0.3 is 17.9 Å². The van der Waals surface area contributed by atoms with Gasteiger partial charge < -0.3 is 14.6 Å². The van der Waals surface area contributed by atoms with Crippen LogP contribution in [0.1, 0.15) is 47.4 Å². The van der Waals surface area contributed by atoms with Crippen molar-refractivity contribution in [2.24, 2.45) is 0 Å². The molecule has 23 heavy (non-hydrogen) atoms. The molecule has 124 valence electrons. The van der Waals surface area contributed by atoms with Gasteiger partial charge in [-0.3, -0.25) is 0 Å². The van der Waals surface area contributed by atoms with Crippen LogP contribution < -0.4 is 0 Å². The molecule has 2 atom stereocenters. The van der Waals surface area contributed by atoms with Gasteiger partial charge in [0.1, 0.15) is 12.2 Å². The van der Waals surface area contributed by atoms with Crippen LogP contribution in [0.2, 0.25) is 0 Å². The molecular formula is C17H20O6. The molecule has 0 fully saturated rings. The molecule has 2 unspecified atom stereocenters. The molecule has 1 rings (SSSR count). The highest BCUT2D eigenvalue weighted by Crippen LogP contribution is 2.16. The Kier molecular flexibility index (Phi) is 6.99. The van der Waals surface area contributed by atoms with Crippen molar-refractivity contribution in [2.75, 3.05) is 0 Å². The molecule has 0 aliphatic rings. The number of carbonyl (C=O) groups is 3. The van der Waals surface area contributed by atoms with Crippen LogP contribution >= 0.6 is 0 Å². The Labute approximate surface area is 134 Å². The summed E-state index contributed by atoms with van der Waals surface area (Å²) >= 11 is 0. The Morgan fingerprint density at radius 1 is 1.22 bits per heavy atom. The van der Waals surface area contributed by atoms with Crippen molar-refractivity contribution in [3.05, 3.63) is 48.0 Å². The number of ether oxygens (including phenoxy) is 2. The van der Waals surface area contributed by atoms with E-state index in [9.17, 15) is 14.4 Å². The molecule has 6 heteroatoms. The molecule has 0 amide bonds. The van der Waals surface area contributed by atoms with Crippen LogP contribution in [0, 0.1) is 0 Å². The summed E-state index contributed by atoms with van der Waals surface area (Å²) in [7, 11) is 0. The quantitative estimate of drug-likeness (QED) is 0.585. The van der Waals surface area contributed by atoms with E-state index in [-0.39, 0.29) is 11.1 Å². The molecule has 0 radical (unpaired) electrons. The summed E-state index contributed by atoms with van der Waals surface area (Å²) < 4.78 is 10.4. The van der Waals surface area contributed by atoms with Crippen molar-refractivity contribution in [3.8, 4) is 0 Å². The Bertz CT molecular complexity index is 593. The monoisotopic (exact) mass is 320 g/mol. The SMILES string of the molecule is C=CC(=O)OC(C)C(CCC)OC(=O)c1ccccc1C(=O)O. The maximum absolute atomic E-state index is 12.3. The van der Waals surface area contributed by atoms with Crippen molar-refractivity contribution < 1.29 is 29.0 Å². The maximum atomic E-state index is 12.3. The van der Waals surface area contributed by atoms with Crippen molar-refractivity contribution in [1.82, 2.24) is 0 Å². The number of benzene rings is 1.